The molecule has 0 radical (unpaired) electrons. The minimum absolute atomic E-state index is 0.300. The van der Waals surface area contributed by atoms with Gasteiger partial charge in [0.1, 0.15) is 5.82 Å². The number of hydrogen-bond donors (Lipinski definition) is 2. The Labute approximate surface area is 108 Å². The predicted molar refractivity (Wildman–Crippen MR) is 61.8 cm³/mol. The van der Waals surface area contributed by atoms with Crippen molar-refractivity contribution in [1.82, 2.24) is 19.9 Å². The number of hydroxylamine groups is 2. The van der Waals surface area contributed by atoms with Crippen molar-refractivity contribution in [3.8, 4) is 0 Å². The minimum atomic E-state index is -4.72. The number of nitrogens with one attached hydrogen (secondary N) is 1. The van der Waals surface area contributed by atoms with Gasteiger partial charge < -0.3 is 9.88 Å². The zero-order chi connectivity index (χ0) is 13.6. The molecule has 2 amide bonds. The SMILES string of the molecule is O=C1N2CC(c3ncc[nH]3)=CC(C2)N1OS(=O)(=O)O. The van der Waals surface area contributed by atoms with Crippen molar-refractivity contribution in [1.29, 1.82) is 0 Å². The lowest BCUT2D eigenvalue weighted by Crippen LogP contribution is -2.35. The second-order valence-corrected chi connectivity index (χ2v) is 5.19. The minimum Gasteiger partial charge on any atom is -0.345 e. The van der Waals surface area contributed by atoms with Gasteiger partial charge in [-0.3, -0.25) is 4.55 Å². The number of aromatic amines is 1. The molecule has 2 aliphatic heterocycles. The zero-order valence-corrected chi connectivity index (χ0v) is 10.4. The van der Waals surface area contributed by atoms with E-state index in [4.69, 9.17) is 4.55 Å². The first-order valence-corrected chi connectivity index (χ1v) is 6.76. The van der Waals surface area contributed by atoms with Crippen LogP contribution >= 0.6 is 0 Å². The molecule has 3 rings (SSSR count). The van der Waals surface area contributed by atoms with Gasteiger partial charge in [-0.15, -0.1) is 4.28 Å². The van der Waals surface area contributed by atoms with E-state index < -0.39 is 22.5 Å². The largest absolute Gasteiger partial charge is 0.418 e. The van der Waals surface area contributed by atoms with E-state index in [9.17, 15) is 13.2 Å². The van der Waals surface area contributed by atoms with Crippen LogP contribution in [0, 0.1) is 0 Å². The van der Waals surface area contributed by atoms with Crippen LogP contribution in [0.15, 0.2) is 18.5 Å². The fourth-order valence-electron chi connectivity index (χ4n) is 2.19. The van der Waals surface area contributed by atoms with E-state index in [1.165, 1.54) is 4.90 Å². The summed E-state index contributed by atoms with van der Waals surface area (Å²) in [5.74, 6) is 0.608. The Morgan fingerprint density at radius 3 is 2.95 bits per heavy atom. The zero-order valence-electron chi connectivity index (χ0n) is 9.55. The molecule has 2 bridgehead atoms. The molecule has 0 aromatic carbocycles. The van der Waals surface area contributed by atoms with Gasteiger partial charge in [-0.1, -0.05) is 0 Å². The summed E-state index contributed by atoms with van der Waals surface area (Å²) in [6.45, 7) is 0.604. The van der Waals surface area contributed by atoms with Crippen LogP contribution in [0.3, 0.4) is 0 Å². The fourth-order valence-corrected chi connectivity index (χ4v) is 2.56. The van der Waals surface area contributed by atoms with Crippen molar-refractivity contribution in [2.24, 2.45) is 0 Å². The van der Waals surface area contributed by atoms with Crippen LogP contribution in [-0.2, 0) is 14.7 Å². The standard InChI is InChI=1S/C9H10N4O5S/c14-9-12-4-6(8-10-1-2-11-8)3-7(5-12)13(9)18-19(15,16)17/h1-3,7H,4-5H2,(H,10,11)(H,15,16,17). The third-order valence-corrected chi connectivity index (χ3v) is 3.25. The van der Waals surface area contributed by atoms with Crippen LogP contribution in [0.1, 0.15) is 5.82 Å². The monoisotopic (exact) mass is 286 g/mol. The molecule has 0 saturated carbocycles. The highest BCUT2D eigenvalue weighted by Gasteiger charge is 2.43. The molecule has 1 unspecified atom stereocenters. The first-order valence-electron chi connectivity index (χ1n) is 5.39. The summed E-state index contributed by atoms with van der Waals surface area (Å²) in [7, 11) is -4.72. The third-order valence-electron chi connectivity index (χ3n) is 2.90. The van der Waals surface area contributed by atoms with Gasteiger partial charge >= 0.3 is 16.4 Å². The number of carbonyl (C=O) groups is 1. The van der Waals surface area contributed by atoms with E-state index >= 15 is 0 Å². The summed E-state index contributed by atoms with van der Waals surface area (Å²) in [6, 6.07) is -1.19. The molecule has 10 heteroatoms. The van der Waals surface area contributed by atoms with E-state index in [-0.39, 0.29) is 0 Å². The maximum absolute atomic E-state index is 11.9. The second-order valence-electron chi connectivity index (χ2n) is 4.19. The molecule has 1 aromatic rings. The van der Waals surface area contributed by atoms with Crippen molar-refractivity contribution >= 4 is 22.0 Å². The first kappa shape index (κ1) is 12.1. The number of nitrogens with zero attached hydrogens (tertiary/aromatic N) is 3. The summed E-state index contributed by atoms with van der Waals surface area (Å²) in [5, 5.41) is 0.644. The van der Waals surface area contributed by atoms with Crippen molar-refractivity contribution in [3.05, 3.63) is 24.3 Å². The summed E-state index contributed by atoms with van der Waals surface area (Å²) in [4.78, 5) is 20.3. The molecule has 1 aromatic heterocycles. The number of rotatable bonds is 3. The van der Waals surface area contributed by atoms with Gasteiger partial charge in [0.2, 0.25) is 0 Å². The van der Waals surface area contributed by atoms with E-state index in [2.05, 4.69) is 14.3 Å². The van der Waals surface area contributed by atoms with Crippen LogP contribution in [0.5, 0.6) is 0 Å². The summed E-state index contributed by atoms with van der Waals surface area (Å²) >= 11 is 0. The Kier molecular flexibility index (Phi) is 2.59. The van der Waals surface area contributed by atoms with Crippen molar-refractivity contribution in [3.63, 3.8) is 0 Å². The molecular formula is C9H10N4O5S. The van der Waals surface area contributed by atoms with Crippen LogP contribution in [0.2, 0.25) is 0 Å². The second kappa shape index (κ2) is 4.05. The maximum atomic E-state index is 11.9. The normalized spacial score (nSPS) is 22.9. The fraction of sp³-hybridized carbons (Fsp3) is 0.333. The van der Waals surface area contributed by atoms with Gasteiger partial charge in [-0.25, -0.2) is 9.78 Å². The lowest BCUT2D eigenvalue weighted by molar-refractivity contribution is -0.0183. The molecule has 2 aliphatic rings. The van der Waals surface area contributed by atoms with E-state index in [1.807, 2.05) is 0 Å². The number of aromatic nitrogens is 2. The van der Waals surface area contributed by atoms with E-state index in [1.54, 1.807) is 18.5 Å². The lowest BCUT2D eigenvalue weighted by Gasteiger charge is -2.19. The molecular weight excluding hydrogens is 276 g/mol. The number of amides is 2. The molecule has 102 valence electrons. The molecule has 0 aliphatic carbocycles. The van der Waals surface area contributed by atoms with Crippen LogP contribution in [0.25, 0.3) is 5.57 Å². The highest BCUT2D eigenvalue weighted by molar-refractivity contribution is 7.80. The quantitative estimate of drug-likeness (QED) is 0.733. The topological polar surface area (TPSA) is 116 Å². The average molecular weight is 286 g/mol. The average Bonchev–Trinajstić information content (AvgIpc) is 2.92. The predicted octanol–water partition coefficient (Wildman–Crippen LogP) is -0.353. The smallest absolute Gasteiger partial charge is 0.345 e. The molecule has 1 saturated heterocycles. The lowest BCUT2D eigenvalue weighted by atomic mass is 10.1. The third kappa shape index (κ3) is 2.20. The van der Waals surface area contributed by atoms with Crippen molar-refractivity contribution < 1.29 is 22.0 Å². The Morgan fingerprint density at radius 2 is 2.32 bits per heavy atom. The molecule has 19 heavy (non-hydrogen) atoms. The maximum Gasteiger partial charge on any atom is 0.418 e. The van der Waals surface area contributed by atoms with Crippen LogP contribution in [-0.4, -0.2) is 58.1 Å². The highest BCUT2D eigenvalue weighted by Crippen LogP contribution is 2.28. The summed E-state index contributed by atoms with van der Waals surface area (Å²) < 4.78 is 34.4. The van der Waals surface area contributed by atoms with Crippen molar-refractivity contribution in [2.75, 3.05) is 13.1 Å². The van der Waals surface area contributed by atoms with Gasteiger partial charge in [0.05, 0.1) is 12.6 Å². The van der Waals surface area contributed by atoms with Crippen molar-refractivity contribution in [2.45, 2.75) is 6.04 Å². The first-order chi connectivity index (χ1) is 8.94. The molecule has 3 heterocycles. The van der Waals surface area contributed by atoms with Gasteiger partial charge in [-0.05, 0) is 6.08 Å². The Hall–Kier alpha value is -1.91. The van der Waals surface area contributed by atoms with Gasteiger partial charge in [-0.2, -0.15) is 13.5 Å². The van der Waals surface area contributed by atoms with Crippen LogP contribution < -0.4 is 0 Å². The summed E-state index contributed by atoms with van der Waals surface area (Å²) in [5.41, 5.74) is 0.760. The van der Waals surface area contributed by atoms with Gasteiger partial charge in [0.15, 0.2) is 0 Å². The van der Waals surface area contributed by atoms with Crippen LogP contribution in [0.4, 0.5) is 4.79 Å². The number of fused-ring (bicyclic) bond motifs is 2. The Bertz CT molecular complexity index is 638. The van der Waals surface area contributed by atoms with Gasteiger partial charge in [0, 0.05) is 24.5 Å². The van der Waals surface area contributed by atoms with Gasteiger partial charge in [0.25, 0.3) is 0 Å². The van der Waals surface area contributed by atoms with E-state index in [0.29, 0.717) is 24.0 Å². The molecule has 0 spiro atoms. The number of carbonyl (C=O) groups excluding carboxylic acids is 1. The highest BCUT2D eigenvalue weighted by atomic mass is 32.3. The Morgan fingerprint density at radius 1 is 1.53 bits per heavy atom. The Balaban J connectivity index is 1.90. The molecule has 2 N–H and O–H groups in total. The number of hydrogen-bond acceptors (Lipinski definition) is 5. The number of imidazole rings is 1. The molecule has 9 nitrogen and oxygen atoms in total. The van der Waals surface area contributed by atoms with E-state index in [0.717, 1.165) is 5.57 Å². The number of urea groups is 1. The number of H-pyrrole nitrogens is 1. The molecule has 1 fully saturated rings. The molecule has 1 atom stereocenters. The summed E-state index contributed by atoms with van der Waals surface area (Å²) in [6.07, 6.45) is 4.91.